The van der Waals surface area contributed by atoms with E-state index in [0.717, 1.165) is 0 Å². The highest BCUT2D eigenvalue weighted by atomic mass is 35.5. The molecule has 1 aromatic heterocycles. The molecule has 0 atom stereocenters. The van der Waals surface area contributed by atoms with Gasteiger partial charge in [-0.05, 0) is 26.0 Å². The van der Waals surface area contributed by atoms with Gasteiger partial charge < -0.3 is 9.47 Å². The molecule has 0 saturated carbocycles. The van der Waals surface area contributed by atoms with Crippen molar-refractivity contribution in [3.63, 3.8) is 0 Å². The number of fused-ring (bicyclic) bond motifs is 1. The van der Waals surface area contributed by atoms with Crippen LogP contribution in [0.3, 0.4) is 0 Å². The second kappa shape index (κ2) is 6.05. The molecule has 2 aromatic rings. The molecule has 0 aliphatic carbocycles. The summed E-state index contributed by atoms with van der Waals surface area (Å²) in [5, 5.41) is 0.357. The van der Waals surface area contributed by atoms with Crippen LogP contribution in [0, 0.1) is 5.82 Å². The molecule has 106 valence electrons. The monoisotopic (exact) mass is 297 g/mol. The summed E-state index contributed by atoms with van der Waals surface area (Å²) in [7, 11) is 0. The summed E-state index contributed by atoms with van der Waals surface area (Å²) in [5.41, 5.74) is 0.621. The second-order valence-electron chi connectivity index (χ2n) is 3.94. The molecule has 0 spiro atoms. The summed E-state index contributed by atoms with van der Waals surface area (Å²) in [4.78, 5) is 16.0. The van der Waals surface area contributed by atoms with Crippen LogP contribution in [0.2, 0.25) is 5.02 Å². The summed E-state index contributed by atoms with van der Waals surface area (Å²) in [6.07, 6.45) is 1.35. The van der Waals surface area contributed by atoms with Gasteiger partial charge in [0.2, 0.25) is 0 Å². The van der Waals surface area contributed by atoms with E-state index in [9.17, 15) is 9.18 Å². The Morgan fingerprint density at radius 1 is 1.35 bits per heavy atom. The fourth-order valence-corrected chi connectivity index (χ4v) is 1.97. The molecule has 0 bridgehead atoms. The number of rotatable bonds is 4. The average molecular weight is 298 g/mol. The molecule has 1 heterocycles. The summed E-state index contributed by atoms with van der Waals surface area (Å²) in [6.45, 7) is 4.03. The van der Waals surface area contributed by atoms with Gasteiger partial charge in [0, 0.05) is 11.6 Å². The zero-order chi connectivity index (χ0) is 14.7. The summed E-state index contributed by atoms with van der Waals surface area (Å²) >= 11 is 5.72. The van der Waals surface area contributed by atoms with E-state index in [0.29, 0.717) is 17.5 Å². The Morgan fingerprint density at radius 2 is 2.10 bits per heavy atom. The first-order valence-electron chi connectivity index (χ1n) is 6.16. The standard InChI is InChI=1S/C14H13ClFNO3/c1-3-19-13-8-5-11(16)10(15)6-12(8)17-7-9(13)14(18)20-4-2/h5-7H,3-4H2,1-2H3. The van der Waals surface area contributed by atoms with Crippen LogP contribution in [-0.4, -0.2) is 24.2 Å². The van der Waals surface area contributed by atoms with Crippen molar-refractivity contribution in [1.29, 1.82) is 0 Å². The Labute approximate surface area is 120 Å². The number of carbonyl (C=O) groups is 1. The molecule has 0 fully saturated rings. The van der Waals surface area contributed by atoms with Crippen LogP contribution in [0.4, 0.5) is 4.39 Å². The first kappa shape index (κ1) is 14.5. The molecule has 4 nitrogen and oxygen atoms in total. The maximum Gasteiger partial charge on any atom is 0.343 e. The quantitative estimate of drug-likeness (QED) is 0.809. The predicted octanol–water partition coefficient (Wildman–Crippen LogP) is 3.60. The molecule has 2 rings (SSSR count). The van der Waals surface area contributed by atoms with Crippen molar-refractivity contribution in [3.05, 3.63) is 34.7 Å². The fourth-order valence-electron chi connectivity index (χ4n) is 1.82. The van der Waals surface area contributed by atoms with E-state index in [-0.39, 0.29) is 22.9 Å². The molecule has 6 heteroatoms. The molecule has 0 amide bonds. The van der Waals surface area contributed by atoms with Crippen molar-refractivity contribution in [2.45, 2.75) is 13.8 Å². The van der Waals surface area contributed by atoms with Crippen molar-refractivity contribution < 1.29 is 18.7 Å². The van der Waals surface area contributed by atoms with Gasteiger partial charge in [-0.1, -0.05) is 11.6 Å². The largest absolute Gasteiger partial charge is 0.492 e. The van der Waals surface area contributed by atoms with Gasteiger partial charge in [-0.25, -0.2) is 9.18 Å². The number of esters is 1. The molecule has 0 N–H and O–H groups in total. The van der Waals surface area contributed by atoms with Gasteiger partial charge >= 0.3 is 5.97 Å². The first-order chi connectivity index (χ1) is 9.58. The summed E-state index contributed by atoms with van der Waals surface area (Å²) in [6, 6.07) is 2.60. The third-order valence-electron chi connectivity index (χ3n) is 2.64. The minimum absolute atomic E-state index is 0.0312. The summed E-state index contributed by atoms with van der Waals surface area (Å²) < 4.78 is 24.0. The zero-order valence-electron chi connectivity index (χ0n) is 11.1. The Bertz CT molecular complexity index is 660. The van der Waals surface area contributed by atoms with Crippen LogP contribution in [0.1, 0.15) is 24.2 Å². The van der Waals surface area contributed by atoms with Crippen molar-refractivity contribution in [3.8, 4) is 5.75 Å². The highest BCUT2D eigenvalue weighted by Crippen LogP contribution is 2.32. The number of nitrogens with zero attached hydrogens (tertiary/aromatic N) is 1. The van der Waals surface area contributed by atoms with Crippen molar-refractivity contribution in [2.75, 3.05) is 13.2 Å². The number of hydrogen-bond donors (Lipinski definition) is 0. The first-order valence-corrected chi connectivity index (χ1v) is 6.54. The van der Waals surface area contributed by atoms with E-state index in [1.165, 1.54) is 18.3 Å². The van der Waals surface area contributed by atoms with E-state index >= 15 is 0 Å². The third-order valence-corrected chi connectivity index (χ3v) is 2.93. The molecule has 0 aliphatic rings. The number of hydrogen-bond acceptors (Lipinski definition) is 4. The van der Waals surface area contributed by atoms with Gasteiger partial charge in [0.1, 0.15) is 17.1 Å². The van der Waals surface area contributed by atoms with Crippen molar-refractivity contribution in [1.82, 2.24) is 4.98 Å². The molecule has 0 radical (unpaired) electrons. The van der Waals surface area contributed by atoms with Crippen molar-refractivity contribution in [2.24, 2.45) is 0 Å². The van der Waals surface area contributed by atoms with Gasteiger partial charge in [-0.2, -0.15) is 0 Å². The molecular weight excluding hydrogens is 285 g/mol. The van der Waals surface area contributed by atoms with E-state index in [2.05, 4.69) is 4.98 Å². The molecule has 1 aromatic carbocycles. The molecule has 0 saturated heterocycles. The Morgan fingerprint density at radius 3 is 2.75 bits per heavy atom. The van der Waals surface area contributed by atoms with Gasteiger partial charge in [0.25, 0.3) is 0 Å². The number of benzene rings is 1. The van der Waals surface area contributed by atoms with Crippen molar-refractivity contribution >= 4 is 28.5 Å². The number of carbonyl (C=O) groups excluding carboxylic acids is 1. The molecule has 20 heavy (non-hydrogen) atoms. The predicted molar refractivity (Wildman–Crippen MR) is 73.8 cm³/mol. The molecule has 0 unspecified atom stereocenters. The lowest BCUT2D eigenvalue weighted by Crippen LogP contribution is -2.09. The average Bonchev–Trinajstić information content (AvgIpc) is 2.41. The topological polar surface area (TPSA) is 48.4 Å². The van der Waals surface area contributed by atoms with Crippen LogP contribution < -0.4 is 4.74 Å². The lowest BCUT2D eigenvalue weighted by atomic mass is 10.1. The molecule has 0 aliphatic heterocycles. The maximum atomic E-state index is 13.6. The lowest BCUT2D eigenvalue weighted by molar-refractivity contribution is 0.0522. The Kier molecular flexibility index (Phi) is 4.39. The maximum absolute atomic E-state index is 13.6. The fraction of sp³-hybridized carbons (Fsp3) is 0.286. The number of pyridine rings is 1. The number of aromatic nitrogens is 1. The minimum Gasteiger partial charge on any atom is -0.492 e. The number of halogens is 2. The van der Waals surface area contributed by atoms with Gasteiger partial charge in [0.05, 0.1) is 23.8 Å². The SMILES string of the molecule is CCOC(=O)c1cnc2cc(Cl)c(F)cc2c1OCC. The van der Waals surface area contributed by atoms with Crippen LogP contribution >= 0.6 is 11.6 Å². The van der Waals surface area contributed by atoms with Crippen LogP contribution in [0.5, 0.6) is 5.75 Å². The lowest BCUT2D eigenvalue weighted by Gasteiger charge is -2.12. The van der Waals surface area contributed by atoms with E-state index < -0.39 is 11.8 Å². The molecular formula is C14H13ClFNO3. The van der Waals surface area contributed by atoms with Gasteiger partial charge in [-0.3, -0.25) is 4.98 Å². The third kappa shape index (κ3) is 2.67. The summed E-state index contributed by atoms with van der Waals surface area (Å²) in [5.74, 6) is -0.893. The Hall–Kier alpha value is -1.88. The smallest absolute Gasteiger partial charge is 0.343 e. The highest BCUT2D eigenvalue weighted by Gasteiger charge is 2.19. The van der Waals surface area contributed by atoms with E-state index in [4.69, 9.17) is 21.1 Å². The minimum atomic E-state index is -0.595. The van der Waals surface area contributed by atoms with Crippen LogP contribution in [-0.2, 0) is 4.74 Å². The van der Waals surface area contributed by atoms with Gasteiger partial charge in [-0.15, -0.1) is 0 Å². The van der Waals surface area contributed by atoms with E-state index in [1.807, 2.05) is 0 Å². The normalized spacial score (nSPS) is 10.6. The van der Waals surface area contributed by atoms with Gasteiger partial charge in [0.15, 0.2) is 0 Å². The van der Waals surface area contributed by atoms with Crippen LogP contribution in [0.25, 0.3) is 10.9 Å². The van der Waals surface area contributed by atoms with Crippen LogP contribution in [0.15, 0.2) is 18.3 Å². The highest BCUT2D eigenvalue weighted by molar-refractivity contribution is 6.31. The van der Waals surface area contributed by atoms with E-state index in [1.54, 1.807) is 13.8 Å². The number of ether oxygens (including phenoxy) is 2. The zero-order valence-corrected chi connectivity index (χ0v) is 11.8. The Balaban J connectivity index is 2.67. The second-order valence-corrected chi connectivity index (χ2v) is 4.35.